The van der Waals surface area contributed by atoms with Crippen molar-refractivity contribution in [2.24, 2.45) is 0 Å². The van der Waals surface area contributed by atoms with Crippen molar-refractivity contribution >= 4 is 6.29 Å². The Labute approximate surface area is 101 Å². The van der Waals surface area contributed by atoms with Crippen molar-refractivity contribution in [1.82, 2.24) is 0 Å². The van der Waals surface area contributed by atoms with Gasteiger partial charge in [0.05, 0.1) is 6.61 Å². The fourth-order valence-electron chi connectivity index (χ4n) is 1.76. The van der Waals surface area contributed by atoms with E-state index in [4.69, 9.17) is 4.74 Å². The van der Waals surface area contributed by atoms with E-state index in [1.165, 1.54) is 0 Å². The van der Waals surface area contributed by atoms with Gasteiger partial charge in [-0.3, -0.25) is 4.79 Å². The predicted octanol–water partition coefficient (Wildman–Crippen LogP) is 3.31. The van der Waals surface area contributed by atoms with Crippen molar-refractivity contribution < 1.29 is 9.53 Å². The lowest BCUT2D eigenvalue weighted by atomic mass is 10.0. The van der Waals surface area contributed by atoms with Crippen LogP contribution in [0.4, 0.5) is 0 Å². The molecule has 0 bridgehead atoms. The average Bonchev–Trinajstić information content (AvgIpc) is 2.40. The maximum atomic E-state index is 10.6. The molecule has 0 saturated heterocycles. The van der Waals surface area contributed by atoms with Crippen LogP contribution in [0.3, 0.4) is 0 Å². The molecule has 0 unspecified atom stereocenters. The van der Waals surface area contributed by atoms with Crippen molar-refractivity contribution in [3.05, 3.63) is 59.7 Å². The minimum atomic E-state index is 0.611. The Bertz CT molecular complexity index is 501. The van der Waals surface area contributed by atoms with Crippen LogP contribution in [0, 0.1) is 0 Å². The standard InChI is InChI=1S/C15H14O2/c1-17-11-13-3-2-4-15(9-13)14-7-5-12(10-16)6-8-14/h2-10H,11H2,1H3. The number of carbonyl (C=O) groups is 1. The molecule has 86 valence electrons. The van der Waals surface area contributed by atoms with Crippen molar-refractivity contribution in [3.8, 4) is 11.1 Å². The van der Waals surface area contributed by atoms with Crippen LogP contribution < -0.4 is 0 Å². The molecule has 0 aliphatic rings. The van der Waals surface area contributed by atoms with Gasteiger partial charge in [0.15, 0.2) is 0 Å². The first-order chi connectivity index (χ1) is 8.33. The zero-order valence-corrected chi connectivity index (χ0v) is 9.72. The van der Waals surface area contributed by atoms with E-state index in [0.717, 1.165) is 23.0 Å². The predicted molar refractivity (Wildman–Crippen MR) is 68.0 cm³/mol. The molecule has 0 atom stereocenters. The van der Waals surface area contributed by atoms with E-state index in [-0.39, 0.29) is 0 Å². The summed E-state index contributed by atoms with van der Waals surface area (Å²) in [5.41, 5.74) is 4.08. The van der Waals surface area contributed by atoms with Crippen molar-refractivity contribution in [1.29, 1.82) is 0 Å². The molecular weight excluding hydrogens is 212 g/mol. The first-order valence-electron chi connectivity index (χ1n) is 5.47. The second-order valence-electron chi connectivity index (χ2n) is 3.87. The Balaban J connectivity index is 2.31. The van der Waals surface area contributed by atoms with Crippen LogP contribution in [-0.4, -0.2) is 13.4 Å². The highest BCUT2D eigenvalue weighted by Crippen LogP contribution is 2.21. The number of rotatable bonds is 4. The van der Waals surface area contributed by atoms with Crippen molar-refractivity contribution in [2.75, 3.05) is 7.11 Å². The lowest BCUT2D eigenvalue weighted by Crippen LogP contribution is -1.88. The summed E-state index contributed by atoms with van der Waals surface area (Å²) in [6, 6.07) is 15.8. The van der Waals surface area contributed by atoms with E-state index in [2.05, 4.69) is 12.1 Å². The molecule has 17 heavy (non-hydrogen) atoms. The molecule has 0 spiro atoms. The van der Waals surface area contributed by atoms with Gasteiger partial charge in [-0.1, -0.05) is 42.5 Å². The molecule has 0 radical (unpaired) electrons. The fourth-order valence-corrected chi connectivity index (χ4v) is 1.76. The van der Waals surface area contributed by atoms with E-state index in [9.17, 15) is 4.79 Å². The third-order valence-corrected chi connectivity index (χ3v) is 2.62. The van der Waals surface area contributed by atoms with Gasteiger partial charge in [-0.15, -0.1) is 0 Å². The zero-order valence-electron chi connectivity index (χ0n) is 9.72. The number of carbonyl (C=O) groups excluding carboxylic acids is 1. The number of aldehydes is 1. The molecule has 0 N–H and O–H groups in total. The summed E-state index contributed by atoms with van der Waals surface area (Å²) in [6.45, 7) is 0.611. The Morgan fingerprint density at radius 1 is 1.06 bits per heavy atom. The van der Waals surface area contributed by atoms with Gasteiger partial charge in [-0.2, -0.15) is 0 Å². The minimum absolute atomic E-state index is 0.611. The second-order valence-corrected chi connectivity index (χ2v) is 3.87. The summed E-state index contributed by atoms with van der Waals surface area (Å²) < 4.78 is 5.11. The summed E-state index contributed by atoms with van der Waals surface area (Å²) in [5, 5.41) is 0. The van der Waals surface area contributed by atoms with Gasteiger partial charge in [0, 0.05) is 12.7 Å². The molecule has 2 aromatic rings. The van der Waals surface area contributed by atoms with Crippen molar-refractivity contribution in [2.45, 2.75) is 6.61 Å². The molecule has 0 saturated carbocycles. The normalized spacial score (nSPS) is 10.2. The van der Waals surface area contributed by atoms with Gasteiger partial charge < -0.3 is 4.74 Å². The van der Waals surface area contributed by atoms with Crippen LogP contribution in [0.15, 0.2) is 48.5 Å². The van der Waals surface area contributed by atoms with Crippen LogP contribution in [0.2, 0.25) is 0 Å². The van der Waals surface area contributed by atoms with E-state index >= 15 is 0 Å². The third-order valence-electron chi connectivity index (χ3n) is 2.62. The number of benzene rings is 2. The molecule has 0 aliphatic heterocycles. The van der Waals surface area contributed by atoms with Gasteiger partial charge in [-0.25, -0.2) is 0 Å². The number of hydrogen-bond donors (Lipinski definition) is 0. The first kappa shape index (κ1) is 11.6. The molecule has 0 heterocycles. The van der Waals surface area contributed by atoms with Gasteiger partial charge >= 0.3 is 0 Å². The largest absolute Gasteiger partial charge is 0.380 e. The molecule has 2 aromatic carbocycles. The van der Waals surface area contributed by atoms with E-state index in [1.54, 1.807) is 7.11 Å². The highest BCUT2D eigenvalue weighted by molar-refractivity contribution is 5.77. The smallest absolute Gasteiger partial charge is 0.150 e. The number of methoxy groups -OCH3 is 1. The van der Waals surface area contributed by atoms with E-state index in [0.29, 0.717) is 12.2 Å². The monoisotopic (exact) mass is 226 g/mol. The summed E-state index contributed by atoms with van der Waals surface area (Å²) in [6.07, 6.45) is 0.852. The van der Waals surface area contributed by atoms with Crippen LogP contribution in [-0.2, 0) is 11.3 Å². The Morgan fingerprint density at radius 3 is 2.47 bits per heavy atom. The molecule has 0 aliphatic carbocycles. The van der Waals surface area contributed by atoms with Gasteiger partial charge in [0.1, 0.15) is 6.29 Å². The Kier molecular flexibility index (Phi) is 3.68. The Hall–Kier alpha value is -1.93. The highest BCUT2D eigenvalue weighted by atomic mass is 16.5. The van der Waals surface area contributed by atoms with Crippen LogP contribution >= 0.6 is 0 Å². The highest BCUT2D eigenvalue weighted by Gasteiger charge is 1.99. The fraction of sp³-hybridized carbons (Fsp3) is 0.133. The molecular formula is C15H14O2. The van der Waals surface area contributed by atoms with Crippen LogP contribution in [0.25, 0.3) is 11.1 Å². The maximum absolute atomic E-state index is 10.6. The Morgan fingerprint density at radius 2 is 1.82 bits per heavy atom. The molecule has 2 rings (SSSR count). The minimum Gasteiger partial charge on any atom is -0.380 e. The number of ether oxygens (including phenoxy) is 1. The van der Waals surface area contributed by atoms with E-state index in [1.807, 2.05) is 36.4 Å². The van der Waals surface area contributed by atoms with Crippen LogP contribution in [0.5, 0.6) is 0 Å². The molecule has 0 fully saturated rings. The molecule has 0 aromatic heterocycles. The lowest BCUT2D eigenvalue weighted by molar-refractivity contribution is 0.112. The summed E-state index contributed by atoms with van der Waals surface area (Å²) in [5.74, 6) is 0. The van der Waals surface area contributed by atoms with Gasteiger partial charge in [-0.05, 0) is 22.8 Å². The topological polar surface area (TPSA) is 26.3 Å². The first-order valence-corrected chi connectivity index (χ1v) is 5.47. The quantitative estimate of drug-likeness (QED) is 0.747. The summed E-state index contributed by atoms with van der Waals surface area (Å²) in [7, 11) is 1.69. The summed E-state index contributed by atoms with van der Waals surface area (Å²) >= 11 is 0. The average molecular weight is 226 g/mol. The lowest BCUT2D eigenvalue weighted by Gasteiger charge is -2.05. The third kappa shape index (κ3) is 2.80. The second kappa shape index (κ2) is 5.41. The van der Waals surface area contributed by atoms with Crippen molar-refractivity contribution in [3.63, 3.8) is 0 Å². The molecule has 2 heteroatoms. The number of hydrogen-bond acceptors (Lipinski definition) is 2. The SMILES string of the molecule is COCc1cccc(-c2ccc(C=O)cc2)c1. The summed E-state index contributed by atoms with van der Waals surface area (Å²) in [4.78, 5) is 10.6. The zero-order chi connectivity index (χ0) is 12.1. The van der Waals surface area contributed by atoms with Gasteiger partial charge in [0.2, 0.25) is 0 Å². The van der Waals surface area contributed by atoms with E-state index < -0.39 is 0 Å². The van der Waals surface area contributed by atoms with Crippen LogP contribution in [0.1, 0.15) is 15.9 Å². The molecule has 2 nitrogen and oxygen atoms in total. The van der Waals surface area contributed by atoms with Gasteiger partial charge in [0.25, 0.3) is 0 Å². The molecule has 0 amide bonds. The maximum Gasteiger partial charge on any atom is 0.150 e.